The molecule has 14 aromatic carbocycles. The van der Waals surface area contributed by atoms with Gasteiger partial charge < -0.3 is 14.4 Å². The predicted octanol–water partition coefficient (Wildman–Crippen LogP) is 26.1. The molecule has 504 valence electrons. The predicted molar refractivity (Wildman–Crippen MR) is 449 cm³/mol. The van der Waals surface area contributed by atoms with Crippen LogP contribution in [0.3, 0.4) is 0 Å². The first-order chi connectivity index (χ1) is 50.5. The van der Waals surface area contributed by atoms with Crippen LogP contribution >= 0.6 is 11.3 Å². The molecular weight excluding hydrogens is 1260 g/mol. The van der Waals surface area contributed by atoms with Gasteiger partial charge in [0.2, 0.25) is 0 Å². The van der Waals surface area contributed by atoms with Crippen molar-refractivity contribution < 1.29 is 4.11 Å². The lowest BCUT2D eigenvalue weighted by molar-refractivity contribution is 0.590. The minimum absolute atomic E-state index is 0.00894. The Bertz CT molecular complexity index is 6180. The summed E-state index contributed by atoms with van der Waals surface area (Å²) in [5, 5.41) is 10.1. The lowest BCUT2D eigenvalue weighted by Crippen LogP contribution is -2.60. The van der Waals surface area contributed by atoms with Gasteiger partial charge in [0.1, 0.15) is 0 Å². The molecule has 0 N–H and O–H groups in total. The Morgan fingerprint density at radius 3 is 1.30 bits per heavy atom. The number of rotatable bonds is 7. The van der Waals surface area contributed by atoms with E-state index in [0.29, 0.717) is 16.8 Å². The molecule has 2 aliphatic rings. The summed E-state index contributed by atoms with van der Waals surface area (Å²) in [5.41, 5.74) is 22.6. The van der Waals surface area contributed by atoms with Crippen molar-refractivity contribution in [1.82, 2.24) is 4.57 Å². The summed E-state index contributed by atoms with van der Waals surface area (Å²) < 4.78 is 39.5. The third-order valence-electron chi connectivity index (χ3n) is 22.3. The Hall–Kier alpha value is -10.5. The van der Waals surface area contributed by atoms with Gasteiger partial charge in [0.25, 0.3) is 6.71 Å². The number of fused-ring (bicyclic) bond motifs is 10. The topological polar surface area (TPSA) is 11.4 Å². The second kappa shape index (κ2) is 23.0. The van der Waals surface area contributed by atoms with E-state index in [1.165, 1.54) is 27.6 Å². The normalized spacial score (nSPS) is 13.9. The molecule has 5 heteroatoms. The summed E-state index contributed by atoms with van der Waals surface area (Å²) in [5.74, 6) is 0. The average molecular weight is 1350 g/mol. The zero-order chi connectivity index (χ0) is 73.7. The molecule has 0 radical (unpaired) electrons. The van der Waals surface area contributed by atoms with E-state index in [4.69, 9.17) is 0 Å². The van der Waals surface area contributed by atoms with Crippen LogP contribution in [0.1, 0.15) is 136 Å². The van der Waals surface area contributed by atoms with Crippen LogP contribution in [0.25, 0.3) is 114 Å². The smallest absolute Gasteiger partial charge is 0.264 e. The molecule has 0 fully saturated rings. The summed E-state index contributed by atoms with van der Waals surface area (Å²) in [4.78, 5) is 5.11. The molecule has 16 aromatic rings. The van der Waals surface area contributed by atoms with E-state index < -0.39 is 12.1 Å². The highest BCUT2D eigenvalue weighted by atomic mass is 32.1. The Kier molecular flexibility index (Phi) is 13.7. The maximum absolute atomic E-state index is 12.1. The third-order valence-corrected chi connectivity index (χ3v) is 23.5. The monoisotopic (exact) mass is 1350 g/mol. The molecule has 103 heavy (non-hydrogen) atoms. The molecule has 3 nitrogen and oxygen atoms in total. The van der Waals surface area contributed by atoms with Crippen molar-refractivity contribution in [1.29, 1.82) is 0 Å². The van der Waals surface area contributed by atoms with Crippen molar-refractivity contribution in [2.45, 2.75) is 131 Å². The summed E-state index contributed by atoms with van der Waals surface area (Å²) in [6.45, 7) is 34.0. The van der Waals surface area contributed by atoms with Crippen molar-refractivity contribution in [3.63, 3.8) is 0 Å². The largest absolute Gasteiger partial charge is 0.310 e. The van der Waals surface area contributed by atoms with Crippen LogP contribution in [0.4, 0.5) is 34.1 Å². The molecule has 0 bridgehead atoms. The Labute approximate surface area is 616 Å². The van der Waals surface area contributed by atoms with Crippen LogP contribution in [-0.4, -0.2) is 11.3 Å². The molecule has 0 saturated carbocycles. The van der Waals surface area contributed by atoms with Crippen molar-refractivity contribution in [2.75, 3.05) is 9.80 Å². The minimum atomic E-state index is -0.629. The lowest BCUT2D eigenvalue weighted by Gasteiger charge is -2.46. The fourth-order valence-electron chi connectivity index (χ4n) is 16.7. The van der Waals surface area contributed by atoms with Crippen molar-refractivity contribution in [2.24, 2.45) is 0 Å². The highest BCUT2D eigenvalue weighted by Gasteiger charge is 2.48. The van der Waals surface area contributed by atoms with Crippen molar-refractivity contribution >= 4 is 132 Å². The Balaban J connectivity index is 1.08. The van der Waals surface area contributed by atoms with E-state index in [0.717, 1.165) is 148 Å². The standard InChI is InChI=1S/C98H88BN3S/c1-94(2,3)66-43-48-81-78(50-66)79-49-65-40-39-63-37-28-38-64-41-45-73(87(65)86(63)64)89(79)100(81)71-44-47-80-82(58-71)101(90-74(59-29-20-16-21-30-59)51-68(96(7,8)9)52-75(90)60-31-22-17-23-32-60)83-55-70(98(13,14)15)56-84-88(83)99(80)93-92(72-46-42-67(95(4,5)6)57-85(72)103-93)102(84)91-76(61-33-24-18-25-34-61)53-69(97(10,11)12)54-77(91)62-35-26-19-27-36-62/h16-58H,1-15H3/i44D,47D,58D. The van der Waals surface area contributed by atoms with Gasteiger partial charge in [-0.2, -0.15) is 0 Å². The molecule has 0 unspecified atom stereocenters. The van der Waals surface area contributed by atoms with Crippen LogP contribution in [0.5, 0.6) is 0 Å². The van der Waals surface area contributed by atoms with Gasteiger partial charge >= 0.3 is 0 Å². The van der Waals surface area contributed by atoms with E-state index in [2.05, 4.69) is 361 Å². The SMILES string of the molecule is [2H]c1c([2H])c(-n2c3ccc(C(C)(C)C)cc3c3cc4ccc5cccc6ccc(c4c56)c32)c([2H])c2c1B1c3sc4cc(C(C)(C)C)ccc4c3N(c3c(-c4ccccc4)cc(C(C)(C)C)cc3-c3ccccc3)c3cc(C(C)(C)C)cc(c31)N2c1c(-c2ccccc2)cc(C(C)(C)C)cc1-c1ccccc1. The lowest BCUT2D eigenvalue weighted by atomic mass is 9.36. The minimum Gasteiger partial charge on any atom is -0.310 e. The summed E-state index contributed by atoms with van der Waals surface area (Å²) in [6, 6.07) is 90.7. The number of aromatic nitrogens is 1. The van der Waals surface area contributed by atoms with Gasteiger partial charge in [-0.1, -0.05) is 292 Å². The first kappa shape index (κ1) is 61.2. The zero-order valence-electron chi connectivity index (χ0n) is 64.9. The molecule has 0 aliphatic carbocycles. The molecule has 2 aliphatic heterocycles. The summed E-state index contributed by atoms with van der Waals surface area (Å²) >= 11 is 1.82. The van der Waals surface area contributed by atoms with Crippen LogP contribution in [0, 0.1) is 0 Å². The van der Waals surface area contributed by atoms with E-state index in [-0.39, 0.29) is 39.8 Å². The van der Waals surface area contributed by atoms with Crippen LogP contribution in [0.2, 0.25) is 0 Å². The summed E-state index contributed by atoms with van der Waals surface area (Å²) in [7, 11) is 0. The molecule has 0 atom stereocenters. The second-order valence-electron chi connectivity index (χ2n) is 34.3. The first-order valence-corrected chi connectivity index (χ1v) is 37.6. The van der Waals surface area contributed by atoms with Crippen LogP contribution < -0.4 is 25.5 Å². The van der Waals surface area contributed by atoms with Gasteiger partial charge in [0.05, 0.1) is 32.2 Å². The molecule has 18 rings (SSSR count). The van der Waals surface area contributed by atoms with Crippen molar-refractivity contribution in [3.8, 4) is 50.2 Å². The maximum atomic E-state index is 12.1. The van der Waals surface area contributed by atoms with Gasteiger partial charge in [-0.3, -0.25) is 0 Å². The molecule has 0 saturated heterocycles. The van der Waals surface area contributed by atoms with Crippen LogP contribution in [-0.2, 0) is 27.1 Å². The number of anilines is 6. The second-order valence-corrected chi connectivity index (χ2v) is 35.4. The van der Waals surface area contributed by atoms with E-state index in [9.17, 15) is 4.11 Å². The number of hydrogen-bond donors (Lipinski definition) is 0. The molecular formula is C98H88BN3S. The molecule has 4 heterocycles. The quantitative estimate of drug-likeness (QED) is 0.116. The van der Waals surface area contributed by atoms with E-state index >= 15 is 0 Å². The van der Waals surface area contributed by atoms with E-state index in [1.54, 1.807) is 0 Å². The van der Waals surface area contributed by atoms with Crippen molar-refractivity contribution in [3.05, 3.63) is 289 Å². The molecule has 2 aromatic heterocycles. The highest BCUT2D eigenvalue weighted by molar-refractivity contribution is 7.33. The van der Waals surface area contributed by atoms with Gasteiger partial charge in [0, 0.05) is 76.0 Å². The van der Waals surface area contributed by atoms with Gasteiger partial charge in [-0.05, 0) is 188 Å². The highest BCUT2D eigenvalue weighted by Crippen LogP contribution is 2.57. The van der Waals surface area contributed by atoms with Gasteiger partial charge in [0.15, 0.2) is 0 Å². The third kappa shape index (κ3) is 10.3. The van der Waals surface area contributed by atoms with E-state index in [1.807, 2.05) is 11.3 Å². The number of nitrogens with zero attached hydrogens (tertiary/aromatic N) is 3. The summed E-state index contributed by atoms with van der Waals surface area (Å²) in [6.07, 6.45) is 0. The number of hydrogen-bond acceptors (Lipinski definition) is 3. The van der Waals surface area contributed by atoms with Gasteiger partial charge in [-0.25, -0.2) is 0 Å². The number of benzene rings is 14. The first-order valence-electron chi connectivity index (χ1n) is 38.3. The zero-order valence-corrected chi connectivity index (χ0v) is 62.7. The van der Waals surface area contributed by atoms with Crippen LogP contribution in [0.15, 0.2) is 261 Å². The fourth-order valence-corrected chi connectivity index (χ4v) is 18.0. The number of thiophene rings is 1. The Morgan fingerprint density at radius 2 is 0.786 bits per heavy atom. The van der Waals surface area contributed by atoms with Gasteiger partial charge in [-0.15, -0.1) is 11.3 Å². The average Bonchev–Trinajstić information content (AvgIpc) is 1.27. The molecule has 0 amide bonds. The maximum Gasteiger partial charge on any atom is 0.264 e. The molecule has 0 spiro atoms. The Morgan fingerprint density at radius 1 is 0.340 bits per heavy atom. The fraction of sp³-hybridized carbons (Fsp3) is 0.204.